The van der Waals surface area contributed by atoms with E-state index < -0.39 is 0 Å². The van der Waals surface area contributed by atoms with Gasteiger partial charge in [0.1, 0.15) is 5.75 Å². The lowest BCUT2D eigenvalue weighted by Gasteiger charge is -2.04. The Morgan fingerprint density at radius 1 is 1.31 bits per heavy atom. The van der Waals surface area contributed by atoms with Gasteiger partial charge in [-0.05, 0) is 30.0 Å². The first kappa shape index (κ1) is 9.78. The molecule has 0 atom stereocenters. The van der Waals surface area contributed by atoms with Gasteiger partial charge in [-0.25, -0.2) is 0 Å². The minimum absolute atomic E-state index is 0.442. The summed E-state index contributed by atoms with van der Waals surface area (Å²) in [5.41, 5.74) is 1.27. The number of ether oxygens (including phenoxy) is 1. The predicted octanol–water partition coefficient (Wildman–Crippen LogP) is 2.42. The standard InChI is InChI=1S/C11H14O2/c1-9(2)7-10-3-5-11(6-4-10)13-8-12/h3-6,8-9H,7H2,1-2H3. The number of hydrogen-bond acceptors (Lipinski definition) is 2. The van der Waals surface area contributed by atoms with Gasteiger partial charge in [-0.2, -0.15) is 0 Å². The summed E-state index contributed by atoms with van der Waals surface area (Å²) < 4.78 is 4.69. The number of benzene rings is 1. The lowest BCUT2D eigenvalue weighted by atomic mass is 10.0. The molecule has 0 radical (unpaired) electrons. The Morgan fingerprint density at radius 3 is 2.38 bits per heavy atom. The monoisotopic (exact) mass is 178 g/mol. The summed E-state index contributed by atoms with van der Waals surface area (Å²) in [6, 6.07) is 7.59. The third-order valence-electron chi connectivity index (χ3n) is 1.75. The van der Waals surface area contributed by atoms with Crippen LogP contribution >= 0.6 is 0 Å². The zero-order valence-corrected chi connectivity index (χ0v) is 7.99. The van der Waals surface area contributed by atoms with E-state index in [1.165, 1.54) is 5.56 Å². The second kappa shape index (κ2) is 4.65. The zero-order chi connectivity index (χ0) is 9.68. The molecule has 0 aliphatic rings. The number of carbonyl (C=O) groups is 1. The van der Waals surface area contributed by atoms with Crippen molar-refractivity contribution < 1.29 is 9.53 Å². The minimum atomic E-state index is 0.442. The largest absolute Gasteiger partial charge is 0.429 e. The van der Waals surface area contributed by atoms with Crippen LogP contribution in [0, 0.1) is 5.92 Å². The lowest BCUT2D eigenvalue weighted by Crippen LogP contribution is -1.94. The van der Waals surface area contributed by atoms with Crippen LogP contribution in [0.5, 0.6) is 5.75 Å². The van der Waals surface area contributed by atoms with Crippen molar-refractivity contribution in [1.82, 2.24) is 0 Å². The second-order valence-electron chi connectivity index (χ2n) is 3.46. The molecule has 1 rings (SSSR count). The third-order valence-corrected chi connectivity index (χ3v) is 1.75. The summed E-state index contributed by atoms with van der Waals surface area (Å²) in [4.78, 5) is 10.0. The maximum Gasteiger partial charge on any atom is 0.298 e. The molecule has 0 aliphatic heterocycles. The molecule has 0 spiro atoms. The van der Waals surface area contributed by atoms with Crippen molar-refractivity contribution in [2.24, 2.45) is 5.92 Å². The highest BCUT2D eigenvalue weighted by molar-refractivity contribution is 5.45. The highest BCUT2D eigenvalue weighted by Gasteiger charge is 1.97. The highest BCUT2D eigenvalue weighted by Crippen LogP contribution is 2.14. The van der Waals surface area contributed by atoms with E-state index in [1.807, 2.05) is 24.3 Å². The van der Waals surface area contributed by atoms with E-state index in [9.17, 15) is 4.79 Å². The topological polar surface area (TPSA) is 26.3 Å². The van der Waals surface area contributed by atoms with E-state index in [-0.39, 0.29) is 0 Å². The van der Waals surface area contributed by atoms with E-state index in [0.717, 1.165) is 6.42 Å². The fourth-order valence-corrected chi connectivity index (χ4v) is 1.23. The number of carbonyl (C=O) groups excluding carboxylic acids is 1. The van der Waals surface area contributed by atoms with Gasteiger partial charge in [0.2, 0.25) is 0 Å². The van der Waals surface area contributed by atoms with Crippen LogP contribution in [0.25, 0.3) is 0 Å². The summed E-state index contributed by atoms with van der Waals surface area (Å²) in [5, 5.41) is 0. The van der Waals surface area contributed by atoms with Gasteiger partial charge in [-0.15, -0.1) is 0 Å². The molecule has 0 aromatic heterocycles. The van der Waals surface area contributed by atoms with Crippen LogP contribution in [-0.2, 0) is 11.2 Å². The van der Waals surface area contributed by atoms with Crippen LogP contribution in [0.3, 0.4) is 0 Å². The van der Waals surface area contributed by atoms with Gasteiger partial charge in [-0.1, -0.05) is 26.0 Å². The van der Waals surface area contributed by atoms with E-state index in [2.05, 4.69) is 18.6 Å². The molecule has 2 nitrogen and oxygen atoms in total. The summed E-state index contributed by atoms with van der Waals surface area (Å²) >= 11 is 0. The maximum absolute atomic E-state index is 10.0. The fraction of sp³-hybridized carbons (Fsp3) is 0.364. The molecule has 0 unspecified atom stereocenters. The SMILES string of the molecule is CC(C)Cc1ccc(OC=O)cc1. The Kier molecular flexibility index (Phi) is 3.50. The Labute approximate surface area is 78.5 Å². The van der Waals surface area contributed by atoms with Crippen LogP contribution in [-0.4, -0.2) is 6.47 Å². The molecule has 70 valence electrons. The molecule has 0 heterocycles. The summed E-state index contributed by atoms with van der Waals surface area (Å²) in [6.07, 6.45) is 1.06. The van der Waals surface area contributed by atoms with Crippen molar-refractivity contribution in [3.63, 3.8) is 0 Å². The Balaban J connectivity index is 2.63. The average Bonchev–Trinajstić information content (AvgIpc) is 2.08. The molecule has 0 saturated carbocycles. The van der Waals surface area contributed by atoms with Gasteiger partial charge in [0.15, 0.2) is 0 Å². The summed E-state index contributed by atoms with van der Waals surface area (Å²) in [5.74, 6) is 1.25. The van der Waals surface area contributed by atoms with E-state index in [1.54, 1.807) is 0 Å². The minimum Gasteiger partial charge on any atom is -0.429 e. The van der Waals surface area contributed by atoms with Gasteiger partial charge < -0.3 is 4.74 Å². The van der Waals surface area contributed by atoms with Crippen LogP contribution in [0.1, 0.15) is 19.4 Å². The van der Waals surface area contributed by atoms with E-state index >= 15 is 0 Å². The van der Waals surface area contributed by atoms with Gasteiger partial charge >= 0.3 is 0 Å². The molecule has 1 aromatic carbocycles. The van der Waals surface area contributed by atoms with Crippen LogP contribution < -0.4 is 4.74 Å². The van der Waals surface area contributed by atoms with Crippen LogP contribution in [0.2, 0.25) is 0 Å². The molecular weight excluding hydrogens is 164 g/mol. The molecule has 0 amide bonds. The molecular formula is C11H14O2. The molecule has 2 heteroatoms. The van der Waals surface area contributed by atoms with Crippen molar-refractivity contribution in [3.05, 3.63) is 29.8 Å². The molecule has 1 aromatic rings. The Hall–Kier alpha value is -1.31. The quantitative estimate of drug-likeness (QED) is 0.662. The van der Waals surface area contributed by atoms with Gasteiger partial charge in [0.05, 0.1) is 0 Å². The first-order chi connectivity index (χ1) is 6.22. The molecule has 0 saturated heterocycles. The number of rotatable bonds is 4. The molecule has 13 heavy (non-hydrogen) atoms. The summed E-state index contributed by atoms with van der Waals surface area (Å²) in [7, 11) is 0. The number of hydrogen-bond donors (Lipinski definition) is 0. The van der Waals surface area contributed by atoms with Gasteiger partial charge in [-0.3, -0.25) is 4.79 Å². The van der Waals surface area contributed by atoms with Gasteiger partial charge in [0.25, 0.3) is 6.47 Å². The normalized spacial score (nSPS) is 10.1. The first-order valence-electron chi connectivity index (χ1n) is 4.41. The van der Waals surface area contributed by atoms with Crippen molar-refractivity contribution in [2.75, 3.05) is 0 Å². The highest BCUT2D eigenvalue weighted by atomic mass is 16.5. The molecule has 0 aliphatic carbocycles. The van der Waals surface area contributed by atoms with Crippen molar-refractivity contribution >= 4 is 6.47 Å². The van der Waals surface area contributed by atoms with Gasteiger partial charge in [0, 0.05) is 0 Å². The average molecular weight is 178 g/mol. The van der Waals surface area contributed by atoms with E-state index in [0.29, 0.717) is 18.1 Å². The summed E-state index contributed by atoms with van der Waals surface area (Å²) in [6.45, 7) is 4.79. The second-order valence-corrected chi connectivity index (χ2v) is 3.46. The first-order valence-corrected chi connectivity index (χ1v) is 4.41. The van der Waals surface area contributed by atoms with Crippen molar-refractivity contribution in [2.45, 2.75) is 20.3 Å². The third kappa shape index (κ3) is 3.28. The fourth-order valence-electron chi connectivity index (χ4n) is 1.23. The van der Waals surface area contributed by atoms with Crippen LogP contribution in [0.15, 0.2) is 24.3 Å². The molecule has 0 fully saturated rings. The lowest BCUT2D eigenvalue weighted by molar-refractivity contribution is -0.120. The Bertz CT molecular complexity index is 262. The van der Waals surface area contributed by atoms with E-state index in [4.69, 9.17) is 0 Å². The smallest absolute Gasteiger partial charge is 0.298 e. The zero-order valence-electron chi connectivity index (χ0n) is 7.99. The predicted molar refractivity (Wildman–Crippen MR) is 51.7 cm³/mol. The Morgan fingerprint density at radius 2 is 1.92 bits per heavy atom. The molecule has 0 bridgehead atoms. The van der Waals surface area contributed by atoms with Crippen molar-refractivity contribution in [1.29, 1.82) is 0 Å². The van der Waals surface area contributed by atoms with Crippen molar-refractivity contribution in [3.8, 4) is 5.75 Å². The maximum atomic E-state index is 10.0. The molecule has 0 N–H and O–H groups in total. The van der Waals surface area contributed by atoms with Crippen LogP contribution in [0.4, 0.5) is 0 Å².